The molecule has 1 aromatic heterocycles. The van der Waals surface area contributed by atoms with Crippen LogP contribution in [0.4, 0.5) is 4.79 Å². The molecule has 5 rings (SSSR count). The normalized spacial score (nSPS) is 19.8. The number of fused-ring (bicyclic) bond motifs is 3. The summed E-state index contributed by atoms with van der Waals surface area (Å²) in [6.45, 7) is 11.9. The van der Waals surface area contributed by atoms with Crippen LogP contribution in [0.25, 0.3) is 10.9 Å². The molecule has 1 aromatic carbocycles. The first-order chi connectivity index (χ1) is 16.2. The molecule has 34 heavy (non-hydrogen) atoms. The number of benzene rings is 1. The molecule has 0 unspecified atom stereocenters. The fourth-order valence-electron chi connectivity index (χ4n) is 5.60. The summed E-state index contributed by atoms with van der Waals surface area (Å²) in [7, 11) is 0. The Morgan fingerprint density at radius 2 is 1.76 bits per heavy atom. The summed E-state index contributed by atoms with van der Waals surface area (Å²) in [5, 5.41) is 1.12. The van der Waals surface area contributed by atoms with Gasteiger partial charge in [0.25, 0.3) is 5.91 Å². The summed E-state index contributed by atoms with van der Waals surface area (Å²) in [5.74, 6) is 1.56. The Morgan fingerprint density at radius 3 is 2.41 bits per heavy atom. The van der Waals surface area contributed by atoms with Crippen LogP contribution < -0.4 is 0 Å². The van der Waals surface area contributed by atoms with Crippen molar-refractivity contribution in [2.24, 2.45) is 11.8 Å². The van der Waals surface area contributed by atoms with Crippen molar-refractivity contribution >= 4 is 22.9 Å². The topological polar surface area (TPSA) is 54.8 Å². The third-order valence-electron chi connectivity index (χ3n) is 7.89. The average Bonchev–Trinajstić information content (AvgIpc) is 3.07. The lowest BCUT2D eigenvalue weighted by Crippen LogP contribution is -2.40. The lowest BCUT2D eigenvalue weighted by atomic mass is 9.85. The van der Waals surface area contributed by atoms with Gasteiger partial charge in [-0.1, -0.05) is 13.3 Å². The SMILES string of the molecule is CC1CCN(C(=O)c2ccc3c(c2)c2c(n3CC3CCC3)CCN(C(=O)OC(C)(C)C)C2)CC1. The molecule has 0 atom stereocenters. The van der Waals surface area contributed by atoms with Crippen LogP contribution in [0.3, 0.4) is 0 Å². The number of carbonyl (C=O) groups is 2. The number of hydrogen-bond acceptors (Lipinski definition) is 3. The van der Waals surface area contributed by atoms with Crippen molar-refractivity contribution in [2.45, 2.75) is 84.9 Å². The molecule has 2 aromatic rings. The number of ether oxygens (including phenoxy) is 1. The number of piperidine rings is 1. The average molecular weight is 466 g/mol. The Kier molecular flexibility index (Phi) is 6.11. The molecule has 1 aliphatic carbocycles. The van der Waals surface area contributed by atoms with E-state index in [-0.39, 0.29) is 12.0 Å². The van der Waals surface area contributed by atoms with Crippen molar-refractivity contribution in [3.05, 3.63) is 35.0 Å². The molecule has 0 bridgehead atoms. The molecule has 0 N–H and O–H groups in total. The first-order valence-electron chi connectivity index (χ1n) is 13.1. The molecule has 3 aliphatic rings. The lowest BCUT2D eigenvalue weighted by molar-refractivity contribution is 0.0223. The molecule has 0 radical (unpaired) electrons. The van der Waals surface area contributed by atoms with Gasteiger partial charge in [0.15, 0.2) is 0 Å². The third kappa shape index (κ3) is 4.56. The maximum absolute atomic E-state index is 13.3. The number of hydrogen-bond donors (Lipinski definition) is 0. The van der Waals surface area contributed by atoms with Gasteiger partial charge in [-0.2, -0.15) is 0 Å². The van der Waals surface area contributed by atoms with E-state index in [1.807, 2.05) is 36.6 Å². The number of rotatable bonds is 3. The van der Waals surface area contributed by atoms with Gasteiger partial charge in [0.1, 0.15) is 5.60 Å². The molecular formula is C28H39N3O3. The monoisotopic (exact) mass is 465 g/mol. The van der Waals surface area contributed by atoms with Crippen LogP contribution in [-0.4, -0.2) is 51.6 Å². The van der Waals surface area contributed by atoms with E-state index in [1.165, 1.54) is 36.0 Å². The molecule has 0 spiro atoms. The Bertz CT molecular complexity index is 1080. The largest absolute Gasteiger partial charge is 0.444 e. The van der Waals surface area contributed by atoms with Gasteiger partial charge in [0, 0.05) is 60.3 Å². The molecule has 2 fully saturated rings. The van der Waals surface area contributed by atoms with Gasteiger partial charge >= 0.3 is 6.09 Å². The zero-order chi connectivity index (χ0) is 24.0. The number of amides is 2. The summed E-state index contributed by atoms with van der Waals surface area (Å²) in [4.78, 5) is 30.0. The zero-order valence-corrected chi connectivity index (χ0v) is 21.2. The van der Waals surface area contributed by atoms with Gasteiger partial charge in [-0.05, 0) is 76.5 Å². The number of aromatic nitrogens is 1. The van der Waals surface area contributed by atoms with Crippen LogP contribution in [0, 0.1) is 11.8 Å². The lowest BCUT2D eigenvalue weighted by Gasteiger charge is -2.32. The van der Waals surface area contributed by atoms with Crippen molar-refractivity contribution < 1.29 is 14.3 Å². The summed E-state index contributed by atoms with van der Waals surface area (Å²) in [5.41, 5.74) is 3.97. The highest BCUT2D eigenvalue weighted by Crippen LogP contribution is 2.36. The van der Waals surface area contributed by atoms with Crippen molar-refractivity contribution in [1.82, 2.24) is 14.4 Å². The summed E-state index contributed by atoms with van der Waals surface area (Å²) < 4.78 is 8.16. The fourth-order valence-corrected chi connectivity index (χ4v) is 5.60. The maximum Gasteiger partial charge on any atom is 0.410 e. The Labute approximate surface area is 203 Å². The van der Waals surface area contributed by atoms with E-state index in [2.05, 4.69) is 23.6 Å². The second-order valence-electron chi connectivity index (χ2n) is 11.7. The zero-order valence-electron chi connectivity index (χ0n) is 21.2. The number of likely N-dealkylation sites (tertiary alicyclic amines) is 1. The van der Waals surface area contributed by atoms with Gasteiger partial charge in [-0.25, -0.2) is 4.79 Å². The van der Waals surface area contributed by atoms with E-state index in [4.69, 9.17) is 4.74 Å². The van der Waals surface area contributed by atoms with Crippen LogP contribution in [0.2, 0.25) is 0 Å². The highest BCUT2D eigenvalue weighted by Gasteiger charge is 2.31. The van der Waals surface area contributed by atoms with E-state index in [1.54, 1.807) is 0 Å². The molecule has 1 saturated carbocycles. The molecule has 2 amide bonds. The van der Waals surface area contributed by atoms with Gasteiger partial charge < -0.3 is 19.1 Å². The Morgan fingerprint density at radius 1 is 1.03 bits per heavy atom. The minimum Gasteiger partial charge on any atom is -0.444 e. The molecule has 6 heteroatoms. The maximum atomic E-state index is 13.3. The first-order valence-corrected chi connectivity index (χ1v) is 13.1. The molecule has 6 nitrogen and oxygen atoms in total. The van der Waals surface area contributed by atoms with Gasteiger partial charge in [-0.15, -0.1) is 0 Å². The third-order valence-corrected chi connectivity index (χ3v) is 7.89. The van der Waals surface area contributed by atoms with Crippen molar-refractivity contribution in [3.63, 3.8) is 0 Å². The summed E-state index contributed by atoms with van der Waals surface area (Å²) in [6, 6.07) is 6.24. The Balaban J connectivity index is 1.48. The number of carbonyl (C=O) groups excluding carboxylic acids is 2. The molecule has 184 valence electrons. The summed E-state index contributed by atoms with van der Waals surface area (Å²) >= 11 is 0. The second kappa shape index (κ2) is 8.94. The van der Waals surface area contributed by atoms with Crippen molar-refractivity contribution in [1.29, 1.82) is 0 Å². The van der Waals surface area contributed by atoms with Gasteiger partial charge in [0.2, 0.25) is 0 Å². The van der Waals surface area contributed by atoms with Crippen LogP contribution in [0.15, 0.2) is 18.2 Å². The predicted octanol–water partition coefficient (Wildman–Crippen LogP) is 5.61. The van der Waals surface area contributed by atoms with Crippen LogP contribution in [0.5, 0.6) is 0 Å². The fraction of sp³-hybridized carbons (Fsp3) is 0.643. The van der Waals surface area contributed by atoms with Crippen LogP contribution in [-0.2, 0) is 24.2 Å². The quantitative estimate of drug-likeness (QED) is 0.592. The Hall–Kier alpha value is -2.50. The van der Waals surface area contributed by atoms with E-state index in [0.717, 1.165) is 55.8 Å². The first kappa shape index (κ1) is 23.3. The highest BCUT2D eigenvalue weighted by atomic mass is 16.6. The predicted molar refractivity (Wildman–Crippen MR) is 134 cm³/mol. The molecular weight excluding hydrogens is 426 g/mol. The van der Waals surface area contributed by atoms with Crippen molar-refractivity contribution in [3.8, 4) is 0 Å². The molecule has 2 aliphatic heterocycles. The standard InChI is InChI=1S/C28H39N3O3/c1-19-10-13-29(14-11-19)26(32)21-8-9-24-22(16-21)23-18-30(27(33)34-28(2,3)4)15-12-25(23)31(24)17-20-6-5-7-20/h8-9,16,19-20H,5-7,10-15,17-18H2,1-4H3. The van der Waals surface area contributed by atoms with E-state index in [0.29, 0.717) is 19.0 Å². The van der Waals surface area contributed by atoms with Crippen LogP contribution >= 0.6 is 0 Å². The summed E-state index contributed by atoms with van der Waals surface area (Å²) in [6.07, 6.45) is 6.63. The van der Waals surface area contributed by atoms with Gasteiger partial charge in [0.05, 0.1) is 6.54 Å². The minimum absolute atomic E-state index is 0.133. The minimum atomic E-state index is -0.513. The molecule has 3 heterocycles. The molecule has 1 saturated heterocycles. The second-order valence-corrected chi connectivity index (χ2v) is 11.7. The number of nitrogens with zero attached hydrogens (tertiary/aromatic N) is 3. The van der Waals surface area contributed by atoms with E-state index in [9.17, 15) is 9.59 Å². The van der Waals surface area contributed by atoms with Crippen LogP contribution in [0.1, 0.15) is 81.4 Å². The van der Waals surface area contributed by atoms with E-state index < -0.39 is 5.60 Å². The van der Waals surface area contributed by atoms with Gasteiger partial charge in [-0.3, -0.25) is 4.79 Å². The highest BCUT2D eigenvalue weighted by molar-refractivity contribution is 5.99. The van der Waals surface area contributed by atoms with E-state index >= 15 is 0 Å². The van der Waals surface area contributed by atoms with Crippen molar-refractivity contribution in [2.75, 3.05) is 19.6 Å². The smallest absolute Gasteiger partial charge is 0.410 e.